The molecule has 0 aromatic heterocycles. The minimum atomic E-state index is -0.967. The van der Waals surface area contributed by atoms with Crippen LogP contribution in [0.5, 0.6) is 0 Å². The number of nitrogens with one attached hydrogen (secondary N) is 1. The maximum atomic E-state index is 13.1. The van der Waals surface area contributed by atoms with E-state index >= 15 is 0 Å². The van der Waals surface area contributed by atoms with Crippen LogP contribution >= 0.6 is 0 Å². The van der Waals surface area contributed by atoms with Gasteiger partial charge in [0.15, 0.2) is 0 Å². The highest BCUT2D eigenvalue weighted by atomic mass is 16.5. The van der Waals surface area contributed by atoms with Gasteiger partial charge in [-0.2, -0.15) is 0 Å². The smallest absolute Gasteiger partial charge is 0.335 e. The molecule has 4 rings (SSSR count). The van der Waals surface area contributed by atoms with Crippen molar-refractivity contribution in [1.82, 2.24) is 4.90 Å². The van der Waals surface area contributed by atoms with Crippen molar-refractivity contribution < 1.29 is 19.4 Å². The summed E-state index contributed by atoms with van der Waals surface area (Å²) in [6.07, 6.45) is 1.63. The molecule has 0 spiro atoms. The summed E-state index contributed by atoms with van der Waals surface area (Å²) in [5.41, 5.74) is 2.50. The number of nitrogens with zero attached hydrogens (tertiary/aromatic N) is 1. The Kier molecular flexibility index (Phi) is 4.34. The number of hydrogen-bond donors (Lipinski definition) is 2. The molecule has 0 radical (unpaired) electrons. The van der Waals surface area contributed by atoms with Gasteiger partial charge < -0.3 is 20.1 Å². The number of aromatic carboxylic acids is 1. The molecule has 1 amide bonds. The van der Waals surface area contributed by atoms with Crippen LogP contribution in [0.2, 0.25) is 0 Å². The average molecular weight is 352 g/mol. The lowest BCUT2D eigenvalue weighted by Crippen LogP contribution is -2.46. The fraction of sp³-hybridized carbons (Fsp3) is 0.300. The first-order valence-corrected chi connectivity index (χ1v) is 8.75. The summed E-state index contributed by atoms with van der Waals surface area (Å²) < 4.78 is 5.73. The topological polar surface area (TPSA) is 78.9 Å². The van der Waals surface area contributed by atoms with Crippen molar-refractivity contribution in [3.63, 3.8) is 0 Å². The van der Waals surface area contributed by atoms with E-state index in [-0.39, 0.29) is 23.7 Å². The third kappa shape index (κ3) is 3.04. The Morgan fingerprint density at radius 3 is 2.65 bits per heavy atom. The van der Waals surface area contributed by atoms with Gasteiger partial charge in [-0.1, -0.05) is 24.3 Å². The Morgan fingerprint density at radius 2 is 1.96 bits per heavy atom. The van der Waals surface area contributed by atoms with Crippen molar-refractivity contribution in [2.24, 2.45) is 0 Å². The zero-order valence-corrected chi connectivity index (χ0v) is 14.2. The molecule has 1 saturated heterocycles. The maximum Gasteiger partial charge on any atom is 0.335 e. The van der Waals surface area contributed by atoms with Gasteiger partial charge in [0.25, 0.3) is 5.91 Å². The van der Waals surface area contributed by atoms with E-state index in [0.717, 1.165) is 30.7 Å². The Balaban J connectivity index is 1.69. The van der Waals surface area contributed by atoms with E-state index in [9.17, 15) is 9.59 Å². The molecule has 2 aliphatic heterocycles. The first-order chi connectivity index (χ1) is 12.6. The van der Waals surface area contributed by atoms with E-state index in [4.69, 9.17) is 9.84 Å². The quantitative estimate of drug-likeness (QED) is 0.884. The number of benzene rings is 2. The summed E-state index contributed by atoms with van der Waals surface area (Å²) in [6.45, 7) is 1.24. The van der Waals surface area contributed by atoms with Gasteiger partial charge in [0, 0.05) is 18.8 Å². The molecule has 2 atom stereocenters. The molecule has 6 nitrogen and oxygen atoms in total. The highest BCUT2D eigenvalue weighted by molar-refractivity contribution is 6.01. The zero-order valence-electron chi connectivity index (χ0n) is 14.2. The summed E-state index contributed by atoms with van der Waals surface area (Å²) in [4.78, 5) is 26.0. The molecule has 2 aromatic rings. The molecule has 2 aliphatic rings. The van der Waals surface area contributed by atoms with Gasteiger partial charge in [-0.05, 0) is 42.7 Å². The molecule has 2 unspecified atom stereocenters. The second-order valence-corrected chi connectivity index (χ2v) is 6.61. The number of carboxylic acids is 1. The minimum absolute atomic E-state index is 0.0341. The van der Waals surface area contributed by atoms with E-state index in [1.165, 1.54) is 0 Å². The molecule has 0 aliphatic carbocycles. The summed E-state index contributed by atoms with van der Waals surface area (Å²) in [6, 6.07) is 14.1. The molecular weight excluding hydrogens is 332 g/mol. The number of carbonyl (C=O) groups excluding carboxylic acids is 1. The Morgan fingerprint density at radius 1 is 1.19 bits per heavy atom. The average Bonchev–Trinajstić information content (AvgIpc) is 3.17. The molecule has 0 saturated carbocycles. The van der Waals surface area contributed by atoms with E-state index in [1.54, 1.807) is 29.2 Å². The number of hydrogen-bond acceptors (Lipinski definition) is 4. The summed E-state index contributed by atoms with van der Waals surface area (Å²) in [5, 5.41) is 12.5. The molecule has 6 heteroatoms. The van der Waals surface area contributed by atoms with Crippen LogP contribution in [-0.2, 0) is 4.74 Å². The van der Waals surface area contributed by atoms with Crippen LogP contribution in [0.25, 0.3) is 0 Å². The second-order valence-electron chi connectivity index (χ2n) is 6.61. The van der Waals surface area contributed by atoms with Gasteiger partial charge in [-0.25, -0.2) is 4.79 Å². The molecule has 2 heterocycles. The molecule has 1 fully saturated rings. The lowest BCUT2D eigenvalue weighted by Gasteiger charge is -2.39. The summed E-state index contributed by atoms with van der Waals surface area (Å²) >= 11 is 0. The third-order valence-electron chi connectivity index (χ3n) is 4.92. The van der Waals surface area contributed by atoms with Gasteiger partial charge in [0.2, 0.25) is 0 Å². The van der Waals surface area contributed by atoms with Crippen LogP contribution in [0.4, 0.5) is 5.69 Å². The van der Waals surface area contributed by atoms with E-state index in [0.29, 0.717) is 12.1 Å². The Labute approximate surface area is 151 Å². The number of ether oxygens (including phenoxy) is 1. The number of rotatable bonds is 4. The number of carbonyl (C=O) groups is 2. The van der Waals surface area contributed by atoms with E-state index < -0.39 is 5.97 Å². The van der Waals surface area contributed by atoms with Crippen molar-refractivity contribution in [3.05, 3.63) is 65.2 Å². The van der Waals surface area contributed by atoms with Gasteiger partial charge in [0.1, 0.15) is 6.17 Å². The Bertz CT molecular complexity index is 828. The normalized spacial score (nSPS) is 22.0. The fourth-order valence-corrected chi connectivity index (χ4v) is 3.56. The van der Waals surface area contributed by atoms with Crippen LogP contribution in [0.15, 0.2) is 48.5 Å². The van der Waals surface area contributed by atoms with Crippen LogP contribution < -0.4 is 5.32 Å². The maximum absolute atomic E-state index is 13.1. The predicted molar refractivity (Wildman–Crippen MR) is 96.2 cm³/mol. The number of anilines is 1. The van der Waals surface area contributed by atoms with Crippen LogP contribution in [0.1, 0.15) is 45.3 Å². The summed E-state index contributed by atoms with van der Waals surface area (Å²) in [5.74, 6) is -1.01. The minimum Gasteiger partial charge on any atom is -0.478 e. The van der Waals surface area contributed by atoms with Gasteiger partial charge >= 0.3 is 5.97 Å². The number of para-hydroxylation sites is 1. The molecule has 2 N–H and O–H groups in total. The van der Waals surface area contributed by atoms with Crippen molar-refractivity contribution >= 4 is 17.6 Å². The summed E-state index contributed by atoms with van der Waals surface area (Å²) in [7, 11) is 0. The van der Waals surface area contributed by atoms with Crippen molar-refractivity contribution in [3.8, 4) is 0 Å². The van der Waals surface area contributed by atoms with Crippen LogP contribution in [0, 0.1) is 0 Å². The van der Waals surface area contributed by atoms with Crippen molar-refractivity contribution in [2.75, 3.05) is 18.5 Å². The molecular formula is C20H20N2O4. The number of fused-ring (bicyclic) bond motifs is 1. The van der Waals surface area contributed by atoms with E-state index in [1.807, 2.05) is 24.3 Å². The highest BCUT2D eigenvalue weighted by Gasteiger charge is 2.35. The fourth-order valence-electron chi connectivity index (χ4n) is 3.56. The standard InChI is InChI=1S/C20H20N2O4/c23-19-16-5-1-2-6-17(16)21-18(22(19)12-15-4-3-11-26-15)13-7-9-14(10-8-13)20(24)25/h1-2,5-10,15,18,21H,3-4,11-12H2,(H,24,25). The number of amides is 1. The Hall–Kier alpha value is -2.86. The molecule has 2 aromatic carbocycles. The van der Waals surface area contributed by atoms with Crippen molar-refractivity contribution in [2.45, 2.75) is 25.1 Å². The zero-order chi connectivity index (χ0) is 18.1. The highest BCUT2D eigenvalue weighted by Crippen LogP contribution is 2.34. The lowest BCUT2D eigenvalue weighted by molar-refractivity contribution is 0.0426. The van der Waals surface area contributed by atoms with Gasteiger partial charge in [-0.3, -0.25) is 4.79 Å². The second kappa shape index (κ2) is 6.80. The van der Waals surface area contributed by atoms with Crippen molar-refractivity contribution in [1.29, 1.82) is 0 Å². The van der Waals surface area contributed by atoms with Crippen LogP contribution in [-0.4, -0.2) is 41.1 Å². The van der Waals surface area contributed by atoms with Crippen LogP contribution in [0.3, 0.4) is 0 Å². The van der Waals surface area contributed by atoms with Gasteiger partial charge in [0.05, 0.1) is 17.2 Å². The lowest BCUT2D eigenvalue weighted by atomic mass is 10.0. The monoisotopic (exact) mass is 352 g/mol. The molecule has 0 bridgehead atoms. The predicted octanol–water partition coefficient (Wildman–Crippen LogP) is 3.13. The molecule has 26 heavy (non-hydrogen) atoms. The van der Waals surface area contributed by atoms with E-state index in [2.05, 4.69) is 5.32 Å². The first kappa shape index (κ1) is 16.6. The van der Waals surface area contributed by atoms with Gasteiger partial charge in [-0.15, -0.1) is 0 Å². The molecule has 134 valence electrons. The SMILES string of the molecule is O=C(O)c1ccc(C2Nc3ccccc3C(=O)N2CC2CCCO2)cc1. The largest absolute Gasteiger partial charge is 0.478 e. The third-order valence-corrected chi connectivity index (χ3v) is 4.92. The number of carboxylic acid groups (broad SMARTS) is 1. The first-order valence-electron chi connectivity index (χ1n) is 8.75.